The van der Waals surface area contributed by atoms with Gasteiger partial charge in [-0.25, -0.2) is 4.79 Å². The highest BCUT2D eigenvalue weighted by atomic mass is 35.5. The maximum Gasteiger partial charge on any atom is 0.341 e. The van der Waals surface area contributed by atoms with E-state index in [0.29, 0.717) is 21.7 Å². The molecule has 0 atom stereocenters. The summed E-state index contributed by atoms with van der Waals surface area (Å²) in [5.74, 6) is -0.669. The van der Waals surface area contributed by atoms with Crippen molar-refractivity contribution in [3.05, 3.63) is 39.2 Å². The van der Waals surface area contributed by atoms with Crippen molar-refractivity contribution in [2.75, 3.05) is 32.0 Å². The van der Waals surface area contributed by atoms with Crippen LogP contribution in [0, 0.1) is 0 Å². The number of rotatable bonds is 8. The number of halogens is 2. The van der Waals surface area contributed by atoms with Crippen molar-refractivity contribution < 1.29 is 14.6 Å². The average Bonchev–Trinajstić information content (AvgIpc) is 2.87. The normalized spacial score (nSPS) is 10.9. The number of benzene rings is 1. The van der Waals surface area contributed by atoms with Gasteiger partial charge in [-0.1, -0.05) is 23.2 Å². The second-order valence-electron chi connectivity index (χ2n) is 5.42. The van der Waals surface area contributed by atoms with Crippen molar-refractivity contribution in [2.24, 2.45) is 0 Å². The molecule has 0 spiro atoms. The zero-order valence-corrected chi connectivity index (χ0v) is 16.9. The predicted octanol–water partition coefficient (Wildman–Crippen LogP) is 4.99. The first kappa shape index (κ1) is 20.2. The largest absolute Gasteiger partial charge is 0.507 e. The highest BCUT2D eigenvalue weighted by Crippen LogP contribution is 2.37. The average molecular weight is 421 g/mol. The quantitative estimate of drug-likeness (QED) is 0.356. The maximum absolute atomic E-state index is 12.0. The highest BCUT2D eigenvalue weighted by Gasteiger charge is 2.13. The number of thiophene rings is 1. The van der Waals surface area contributed by atoms with Crippen LogP contribution in [0.3, 0.4) is 0 Å². The molecule has 5 nitrogen and oxygen atoms in total. The second-order valence-corrected chi connectivity index (χ2v) is 8.58. The zero-order chi connectivity index (χ0) is 18.4. The third kappa shape index (κ3) is 6.27. The number of carbonyl (C=O) groups is 1. The smallest absolute Gasteiger partial charge is 0.341 e. The van der Waals surface area contributed by atoms with Gasteiger partial charge in [0.05, 0.1) is 15.8 Å². The molecule has 1 heterocycles. The van der Waals surface area contributed by atoms with E-state index in [-0.39, 0.29) is 11.3 Å². The van der Waals surface area contributed by atoms with Gasteiger partial charge in [0, 0.05) is 18.3 Å². The van der Waals surface area contributed by atoms with Crippen molar-refractivity contribution in [1.29, 1.82) is 0 Å². The van der Waals surface area contributed by atoms with E-state index in [0.717, 1.165) is 17.2 Å². The number of hydrogen-bond acceptors (Lipinski definition) is 7. The van der Waals surface area contributed by atoms with Gasteiger partial charge >= 0.3 is 5.97 Å². The Labute approximate surface area is 165 Å². The molecule has 0 fully saturated rings. The molecule has 0 amide bonds. The summed E-state index contributed by atoms with van der Waals surface area (Å²) in [7, 11) is 3.91. The van der Waals surface area contributed by atoms with Crippen molar-refractivity contribution >= 4 is 58.1 Å². The molecule has 2 N–H and O–H groups in total. The van der Waals surface area contributed by atoms with Gasteiger partial charge in [-0.05, 0) is 50.7 Å². The summed E-state index contributed by atoms with van der Waals surface area (Å²) >= 11 is 14.5. The third-order valence-corrected chi connectivity index (χ3v) is 5.91. The minimum absolute atomic E-state index is 0.134. The van der Waals surface area contributed by atoms with Crippen LogP contribution < -0.4 is 4.72 Å². The molecule has 0 saturated heterocycles. The van der Waals surface area contributed by atoms with Crippen LogP contribution in [0.2, 0.25) is 9.36 Å². The molecule has 136 valence electrons. The van der Waals surface area contributed by atoms with E-state index in [9.17, 15) is 9.90 Å². The fourth-order valence-electron chi connectivity index (χ4n) is 1.88. The molecular formula is C16H18Cl2N2O3S2. The van der Waals surface area contributed by atoms with Gasteiger partial charge in [0.1, 0.15) is 15.6 Å². The van der Waals surface area contributed by atoms with E-state index in [1.54, 1.807) is 12.1 Å². The topological polar surface area (TPSA) is 61.8 Å². The summed E-state index contributed by atoms with van der Waals surface area (Å²) in [6, 6.07) is 6.45. The highest BCUT2D eigenvalue weighted by molar-refractivity contribution is 8.02. The molecule has 2 rings (SSSR count). The number of hydrogen-bond donors (Lipinski definition) is 2. The molecule has 0 aliphatic carbocycles. The van der Waals surface area contributed by atoms with Crippen LogP contribution in [0.5, 0.6) is 5.75 Å². The lowest BCUT2D eigenvalue weighted by atomic mass is 10.2. The Morgan fingerprint density at radius 3 is 2.72 bits per heavy atom. The first-order chi connectivity index (χ1) is 11.9. The lowest BCUT2D eigenvalue weighted by Crippen LogP contribution is -2.16. The maximum atomic E-state index is 12.0. The molecule has 1 aromatic carbocycles. The van der Waals surface area contributed by atoms with Gasteiger partial charge in [-0.3, -0.25) is 0 Å². The summed E-state index contributed by atoms with van der Waals surface area (Å²) in [6.45, 7) is 1.14. The Balaban J connectivity index is 1.89. The van der Waals surface area contributed by atoms with E-state index < -0.39 is 5.97 Å². The predicted molar refractivity (Wildman–Crippen MR) is 105 cm³/mol. The number of aromatic hydroxyl groups is 1. The van der Waals surface area contributed by atoms with Gasteiger partial charge in [0.2, 0.25) is 0 Å². The third-order valence-electron chi connectivity index (χ3n) is 3.09. The van der Waals surface area contributed by atoms with E-state index in [1.807, 2.05) is 19.0 Å². The number of ether oxygens (including phenoxy) is 1. The first-order valence-corrected chi connectivity index (χ1v) is 9.78. The molecular weight excluding hydrogens is 403 g/mol. The number of nitrogens with one attached hydrogen (secondary N) is 1. The number of esters is 1. The van der Waals surface area contributed by atoms with Crippen LogP contribution in [-0.2, 0) is 4.74 Å². The van der Waals surface area contributed by atoms with E-state index in [1.165, 1.54) is 35.4 Å². The number of nitrogens with zero attached hydrogens (tertiary/aromatic N) is 1. The summed E-state index contributed by atoms with van der Waals surface area (Å²) in [4.78, 5) is 14.0. The second kappa shape index (κ2) is 9.54. The molecule has 0 aliphatic heterocycles. The Kier molecular flexibility index (Phi) is 7.71. The van der Waals surface area contributed by atoms with E-state index >= 15 is 0 Å². The Morgan fingerprint density at radius 2 is 2.12 bits per heavy atom. The lowest BCUT2D eigenvalue weighted by molar-refractivity contribution is 0.0490. The fourth-order valence-corrected chi connectivity index (χ4v) is 4.25. The number of anilines is 1. The summed E-state index contributed by atoms with van der Waals surface area (Å²) in [5, 5.41) is 10.6. The SMILES string of the molecule is CN(C)CCCOC(=O)c1ccc(NSc2cc(Cl)c(Cl)s2)cc1O. The zero-order valence-electron chi connectivity index (χ0n) is 13.7. The van der Waals surface area contributed by atoms with Crippen LogP contribution in [0.4, 0.5) is 5.69 Å². The van der Waals surface area contributed by atoms with Crippen LogP contribution in [0.1, 0.15) is 16.8 Å². The molecule has 25 heavy (non-hydrogen) atoms. The van der Waals surface area contributed by atoms with Gasteiger partial charge in [-0.2, -0.15) is 0 Å². The Morgan fingerprint density at radius 1 is 1.36 bits per heavy atom. The molecule has 9 heteroatoms. The van der Waals surface area contributed by atoms with Gasteiger partial charge in [0.15, 0.2) is 0 Å². The van der Waals surface area contributed by atoms with Crippen LogP contribution in [-0.4, -0.2) is 43.2 Å². The summed E-state index contributed by atoms with van der Waals surface area (Å²) in [5.41, 5.74) is 0.787. The lowest BCUT2D eigenvalue weighted by Gasteiger charge is -2.11. The molecule has 0 radical (unpaired) electrons. The van der Waals surface area contributed by atoms with Crippen molar-refractivity contribution in [1.82, 2.24) is 4.90 Å². The van der Waals surface area contributed by atoms with E-state index in [4.69, 9.17) is 27.9 Å². The van der Waals surface area contributed by atoms with Crippen LogP contribution >= 0.6 is 46.5 Å². The van der Waals surface area contributed by atoms with Crippen LogP contribution in [0.25, 0.3) is 0 Å². The van der Waals surface area contributed by atoms with Crippen molar-refractivity contribution in [3.63, 3.8) is 0 Å². The summed E-state index contributed by atoms with van der Waals surface area (Å²) < 4.78 is 9.65. The van der Waals surface area contributed by atoms with Gasteiger partial charge in [0.25, 0.3) is 0 Å². The molecule has 0 aliphatic rings. The fraction of sp³-hybridized carbons (Fsp3) is 0.312. The summed E-state index contributed by atoms with van der Waals surface area (Å²) in [6.07, 6.45) is 0.738. The monoisotopic (exact) mass is 420 g/mol. The van der Waals surface area contributed by atoms with Gasteiger partial charge in [-0.15, -0.1) is 11.3 Å². The van der Waals surface area contributed by atoms with Gasteiger partial charge < -0.3 is 19.5 Å². The minimum atomic E-state index is -0.535. The van der Waals surface area contributed by atoms with Crippen molar-refractivity contribution in [2.45, 2.75) is 10.6 Å². The molecule has 2 aromatic rings. The number of phenols is 1. The molecule has 0 saturated carbocycles. The Hall–Kier alpha value is -1.12. The molecule has 0 unspecified atom stereocenters. The van der Waals surface area contributed by atoms with E-state index in [2.05, 4.69) is 4.72 Å². The first-order valence-electron chi connectivity index (χ1n) is 7.39. The standard InChI is InChI=1S/C16H18Cl2N2O3S2/c1-20(2)6-3-7-23-16(22)11-5-4-10(8-13(11)21)19-25-14-9-12(17)15(18)24-14/h4-5,8-9,19,21H,3,6-7H2,1-2H3. The Bertz CT molecular complexity index is 719. The molecule has 1 aromatic heterocycles. The molecule has 0 bridgehead atoms. The number of phenolic OH excluding ortho intramolecular Hbond substituents is 1. The number of carbonyl (C=O) groups excluding carboxylic acids is 1. The minimum Gasteiger partial charge on any atom is -0.507 e. The van der Waals surface area contributed by atoms with Crippen molar-refractivity contribution in [3.8, 4) is 5.75 Å². The van der Waals surface area contributed by atoms with Crippen LogP contribution in [0.15, 0.2) is 28.5 Å².